The molecule has 1 aliphatic heterocycles. The summed E-state index contributed by atoms with van der Waals surface area (Å²) in [6, 6.07) is 13.0. The van der Waals surface area contributed by atoms with E-state index in [1.54, 1.807) is 36.3 Å². The predicted octanol–water partition coefficient (Wildman–Crippen LogP) is 3.09. The number of imide groups is 1. The number of carbonyl (C=O) groups excluding carboxylic acids is 3. The molecule has 0 unspecified atom stereocenters. The average molecular weight is 383 g/mol. The van der Waals surface area contributed by atoms with Gasteiger partial charge in [-0.1, -0.05) is 24.3 Å². The van der Waals surface area contributed by atoms with Gasteiger partial charge in [0.05, 0.1) is 12.8 Å². The highest BCUT2D eigenvalue weighted by Gasteiger charge is 2.33. The first-order valence-electron chi connectivity index (χ1n) is 8.75. The monoisotopic (exact) mass is 383 g/mol. The molecule has 0 bridgehead atoms. The third-order valence-electron chi connectivity index (χ3n) is 4.25. The smallest absolute Gasteiger partial charge is 0.330 e. The Balaban J connectivity index is 1.64. The van der Waals surface area contributed by atoms with Gasteiger partial charge in [0.15, 0.2) is 5.75 Å². The molecule has 0 radical (unpaired) electrons. The molecule has 1 heterocycles. The number of para-hydroxylation sites is 2. The van der Waals surface area contributed by atoms with Crippen molar-refractivity contribution in [2.75, 3.05) is 25.5 Å². The van der Waals surface area contributed by atoms with E-state index >= 15 is 0 Å². The average Bonchev–Trinajstić information content (AvgIpc) is 3.04. The Labute approximate surface area is 162 Å². The predicted molar refractivity (Wildman–Crippen MR) is 102 cm³/mol. The molecule has 1 N–H and O–H groups in total. The highest BCUT2D eigenvalue weighted by atomic mass is 16.5. The first-order valence-corrected chi connectivity index (χ1v) is 8.75. The zero-order valence-corrected chi connectivity index (χ0v) is 15.7. The summed E-state index contributed by atoms with van der Waals surface area (Å²) in [6.45, 7) is 2.39. The largest absolute Gasteiger partial charge is 0.497 e. The van der Waals surface area contributed by atoms with Crippen LogP contribution in [0.1, 0.15) is 12.5 Å². The van der Waals surface area contributed by atoms with E-state index in [-0.39, 0.29) is 18.3 Å². The summed E-state index contributed by atoms with van der Waals surface area (Å²) in [6.07, 6.45) is 0. The highest BCUT2D eigenvalue weighted by Crippen LogP contribution is 2.25. The van der Waals surface area contributed by atoms with Gasteiger partial charge in [-0.3, -0.25) is 4.79 Å². The second-order valence-electron chi connectivity index (χ2n) is 6.22. The zero-order chi connectivity index (χ0) is 20.1. The van der Waals surface area contributed by atoms with Gasteiger partial charge in [-0.05, 0) is 29.8 Å². The van der Waals surface area contributed by atoms with E-state index in [2.05, 4.69) is 5.32 Å². The number of nitrogens with zero attached hydrogens (tertiary/aromatic N) is 2. The van der Waals surface area contributed by atoms with Crippen LogP contribution in [0.15, 0.2) is 48.5 Å². The van der Waals surface area contributed by atoms with Crippen molar-refractivity contribution in [2.24, 2.45) is 0 Å². The van der Waals surface area contributed by atoms with Gasteiger partial charge in [0.25, 0.3) is 0 Å². The van der Waals surface area contributed by atoms with Gasteiger partial charge in [-0.15, -0.1) is 0 Å². The Morgan fingerprint density at radius 1 is 1.07 bits per heavy atom. The molecular formula is C20H21N3O5. The quantitative estimate of drug-likeness (QED) is 0.633. The molecule has 8 nitrogen and oxygen atoms in total. The number of ether oxygens (including phenoxy) is 2. The number of urea groups is 2. The summed E-state index contributed by atoms with van der Waals surface area (Å²) >= 11 is 0. The van der Waals surface area contributed by atoms with Crippen LogP contribution in [0.3, 0.4) is 0 Å². The molecule has 4 amide bonds. The summed E-state index contributed by atoms with van der Waals surface area (Å²) in [5, 5.41) is 2.63. The van der Waals surface area contributed by atoms with Gasteiger partial charge in [-0.2, -0.15) is 0 Å². The Hall–Kier alpha value is -3.55. The number of anilines is 1. The Bertz CT molecular complexity index is 882. The van der Waals surface area contributed by atoms with Crippen LogP contribution < -0.4 is 14.8 Å². The van der Waals surface area contributed by atoms with Crippen molar-refractivity contribution in [3.05, 3.63) is 54.1 Å². The lowest BCUT2D eigenvalue weighted by molar-refractivity contribution is -0.131. The lowest BCUT2D eigenvalue weighted by Crippen LogP contribution is -2.38. The first kappa shape index (κ1) is 19.2. The molecule has 3 rings (SSSR count). The Morgan fingerprint density at radius 3 is 2.46 bits per heavy atom. The molecule has 0 atom stereocenters. The fraction of sp³-hybridized carbons (Fsp3) is 0.250. The summed E-state index contributed by atoms with van der Waals surface area (Å²) in [5.41, 5.74) is 1.26. The number of methoxy groups -OCH3 is 1. The lowest BCUT2D eigenvalue weighted by atomic mass is 10.2. The number of carbonyl (C=O) groups is 3. The first-order chi connectivity index (χ1) is 13.5. The number of nitrogens with one attached hydrogen (secondary N) is 1. The van der Waals surface area contributed by atoms with Gasteiger partial charge in [-0.25, -0.2) is 14.5 Å². The van der Waals surface area contributed by atoms with Crippen LogP contribution in [0, 0.1) is 0 Å². The zero-order valence-electron chi connectivity index (χ0n) is 15.7. The van der Waals surface area contributed by atoms with Crippen molar-refractivity contribution in [3.8, 4) is 11.5 Å². The third kappa shape index (κ3) is 4.40. The Morgan fingerprint density at radius 2 is 1.79 bits per heavy atom. The minimum Gasteiger partial charge on any atom is -0.497 e. The maximum Gasteiger partial charge on any atom is 0.330 e. The maximum absolute atomic E-state index is 12.6. The van der Waals surface area contributed by atoms with E-state index in [1.165, 1.54) is 6.92 Å². The molecule has 0 aromatic heterocycles. The number of amides is 4. The summed E-state index contributed by atoms with van der Waals surface area (Å²) < 4.78 is 10.2. The maximum atomic E-state index is 12.6. The van der Waals surface area contributed by atoms with E-state index in [4.69, 9.17) is 9.47 Å². The van der Waals surface area contributed by atoms with Crippen molar-refractivity contribution in [3.63, 3.8) is 0 Å². The summed E-state index contributed by atoms with van der Waals surface area (Å²) in [5.74, 6) is 0.471. The fourth-order valence-electron chi connectivity index (χ4n) is 2.87. The van der Waals surface area contributed by atoms with Gasteiger partial charge in [0.2, 0.25) is 0 Å². The number of rotatable bonds is 5. The molecule has 0 saturated carbocycles. The molecule has 1 saturated heterocycles. The molecular weight excluding hydrogens is 362 g/mol. The lowest BCUT2D eigenvalue weighted by Gasteiger charge is -2.19. The topological polar surface area (TPSA) is 88.2 Å². The van der Waals surface area contributed by atoms with Crippen LogP contribution in [0.5, 0.6) is 11.5 Å². The molecule has 146 valence electrons. The molecule has 2 aromatic rings. The van der Waals surface area contributed by atoms with E-state index in [0.717, 1.165) is 16.2 Å². The normalized spacial score (nSPS) is 13.4. The summed E-state index contributed by atoms with van der Waals surface area (Å²) in [7, 11) is 1.59. The molecule has 0 spiro atoms. The van der Waals surface area contributed by atoms with Crippen LogP contribution in [0.4, 0.5) is 15.3 Å². The number of benzene rings is 2. The van der Waals surface area contributed by atoms with Crippen LogP contribution in [0.25, 0.3) is 0 Å². The van der Waals surface area contributed by atoms with Crippen LogP contribution in [-0.2, 0) is 11.3 Å². The number of hydrogen-bond acceptors (Lipinski definition) is 5. The van der Waals surface area contributed by atoms with Crippen molar-refractivity contribution in [1.29, 1.82) is 0 Å². The summed E-state index contributed by atoms with van der Waals surface area (Å²) in [4.78, 5) is 39.1. The molecule has 0 aliphatic carbocycles. The molecule has 28 heavy (non-hydrogen) atoms. The van der Waals surface area contributed by atoms with E-state index in [0.29, 0.717) is 18.8 Å². The molecule has 1 aliphatic rings. The second-order valence-corrected chi connectivity index (χ2v) is 6.22. The third-order valence-corrected chi connectivity index (χ3v) is 4.25. The minimum atomic E-state index is -0.568. The van der Waals surface area contributed by atoms with Crippen molar-refractivity contribution < 1.29 is 23.9 Å². The van der Waals surface area contributed by atoms with Crippen LogP contribution in [0.2, 0.25) is 0 Å². The van der Waals surface area contributed by atoms with Crippen molar-refractivity contribution in [2.45, 2.75) is 13.5 Å². The SMILES string of the molecule is COc1ccc(CN2CCN(C(=O)Nc3ccccc3OC(C)=O)C2=O)cc1. The van der Waals surface area contributed by atoms with Gasteiger partial charge in [0, 0.05) is 26.6 Å². The second kappa shape index (κ2) is 8.43. The fourth-order valence-corrected chi connectivity index (χ4v) is 2.87. The van der Waals surface area contributed by atoms with Gasteiger partial charge < -0.3 is 19.7 Å². The Kier molecular flexibility index (Phi) is 5.78. The number of hydrogen-bond donors (Lipinski definition) is 1. The van der Waals surface area contributed by atoms with E-state index in [1.807, 2.05) is 24.3 Å². The molecule has 8 heteroatoms. The minimum absolute atomic E-state index is 0.227. The van der Waals surface area contributed by atoms with Crippen LogP contribution >= 0.6 is 0 Å². The van der Waals surface area contributed by atoms with Crippen molar-refractivity contribution in [1.82, 2.24) is 9.80 Å². The molecule has 2 aromatic carbocycles. The van der Waals surface area contributed by atoms with Gasteiger partial charge in [0.1, 0.15) is 5.75 Å². The van der Waals surface area contributed by atoms with E-state index in [9.17, 15) is 14.4 Å². The highest BCUT2D eigenvalue weighted by molar-refractivity contribution is 6.02. The van der Waals surface area contributed by atoms with E-state index < -0.39 is 12.0 Å². The van der Waals surface area contributed by atoms with Gasteiger partial charge >= 0.3 is 18.0 Å². The van der Waals surface area contributed by atoms with Crippen LogP contribution in [-0.4, -0.2) is 48.0 Å². The van der Waals surface area contributed by atoms with Crippen molar-refractivity contribution >= 4 is 23.7 Å². The molecule has 1 fully saturated rings. The standard InChI is InChI=1S/C20H21N3O5/c1-14(24)28-18-6-4-3-5-17(18)21-19(25)23-12-11-22(20(23)26)13-15-7-9-16(27-2)10-8-15/h3-10H,11-13H2,1-2H3,(H,21,25). The number of esters is 1.